The van der Waals surface area contributed by atoms with Crippen LogP contribution >= 0.6 is 0 Å². The molecular weight excluding hydrogens is 325 g/mol. The molecule has 0 aliphatic heterocycles. The molecular formula is C18H22FN3O3. The van der Waals surface area contributed by atoms with Gasteiger partial charge in [0.25, 0.3) is 0 Å². The third kappa shape index (κ3) is 4.17. The average Bonchev–Trinajstić information content (AvgIpc) is 3.09. The number of aromatic nitrogens is 2. The summed E-state index contributed by atoms with van der Waals surface area (Å²) in [4.78, 5) is 16.3. The first-order valence-electron chi connectivity index (χ1n) is 8.33. The van der Waals surface area contributed by atoms with E-state index < -0.39 is 0 Å². The summed E-state index contributed by atoms with van der Waals surface area (Å²) >= 11 is 0. The number of aryl methyl sites for hydroxylation is 1. The molecule has 0 saturated heterocycles. The number of hydrogen-bond donors (Lipinski definition) is 2. The number of aliphatic hydroxyl groups excluding tert-OH is 1. The van der Waals surface area contributed by atoms with Crippen molar-refractivity contribution in [1.29, 1.82) is 0 Å². The normalized spacial score (nSPS) is 20.6. The summed E-state index contributed by atoms with van der Waals surface area (Å²) in [5, 5.41) is 12.6. The number of rotatable bonds is 7. The van der Waals surface area contributed by atoms with Crippen molar-refractivity contribution in [3.8, 4) is 5.75 Å². The molecule has 0 bridgehead atoms. The van der Waals surface area contributed by atoms with Gasteiger partial charge in [-0.15, -0.1) is 0 Å². The Kier molecular flexibility index (Phi) is 5.33. The third-order valence-electron chi connectivity index (χ3n) is 4.62. The van der Waals surface area contributed by atoms with E-state index in [-0.39, 0.29) is 29.8 Å². The number of carbonyl (C=O) groups excluding carboxylic acids is 1. The highest BCUT2D eigenvalue weighted by molar-refractivity contribution is 5.76. The summed E-state index contributed by atoms with van der Waals surface area (Å²) < 4.78 is 20.9. The fourth-order valence-corrected chi connectivity index (χ4v) is 3.20. The fourth-order valence-electron chi connectivity index (χ4n) is 3.20. The van der Waals surface area contributed by atoms with E-state index in [0.29, 0.717) is 37.1 Å². The first-order valence-corrected chi connectivity index (χ1v) is 8.33. The Balaban J connectivity index is 1.73. The Hall–Kier alpha value is -2.41. The van der Waals surface area contributed by atoms with Crippen molar-refractivity contribution in [3.63, 3.8) is 0 Å². The Morgan fingerprint density at radius 2 is 2.32 bits per heavy atom. The number of benzene rings is 1. The highest BCUT2D eigenvalue weighted by Gasteiger charge is 2.37. The largest absolute Gasteiger partial charge is 0.496 e. The molecule has 1 amide bonds. The highest BCUT2D eigenvalue weighted by Crippen LogP contribution is 2.41. The number of ether oxygens (including phenoxy) is 1. The summed E-state index contributed by atoms with van der Waals surface area (Å²) in [5.74, 6) is 0.0744. The van der Waals surface area contributed by atoms with Gasteiger partial charge in [0, 0.05) is 30.9 Å². The molecule has 1 aromatic carbocycles. The summed E-state index contributed by atoms with van der Waals surface area (Å²) in [7, 11) is 1.52. The number of imidazole rings is 1. The SMILES string of the molecule is COc1ccc(F)cc1[C@H](NC(=O)CCn1ccnc1)C1CC(O)C1. The van der Waals surface area contributed by atoms with Crippen LogP contribution in [0.5, 0.6) is 5.75 Å². The number of carbonyl (C=O) groups is 1. The first-order chi connectivity index (χ1) is 12.1. The Bertz CT molecular complexity index is 714. The molecule has 1 saturated carbocycles. The summed E-state index contributed by atoms with van der Waals surface area (Å²) in [5.41, 5.74) is 0.607. The monoisotopic (exact) mass is 347 g/mol. The minimum Gasteiger partial charge on any atom is -0.496 e. The van der Waals surface area contributed by atoms with Crippen LogP contribution in [0.1, 0.15) is 30.9 Å². The molecule has 134 valence electrons. The Morgan fingerprint density at radius 1 is 1.52 bits per heavy atom. The molecule has 7 heteroatoms. The van der Waals surface area contributed by atoms with E-state index in [0.717, 1.165) is 0 Å². The maximum atomic E-state index is 13.7. The molecule has 0 unspecified atom stereocenters. The van der Waals surface area contributed by atoms with Crippen molar-refractivity contribution in [3.05, 3.63) is 48.3 Å². The van der Waals surface area contributed by atoms with Crippen LogP contribution in [0, 0.1) is 11.7 Å². The van der Waals surface area contributed by atoms with Crippen LogP contribution in [0.25, 0.3) is 0 Å². The van der Waals surface area contributed by atoms with Gasteiger partial charge >= 0.3 is 0 Å². The quantitative estimate of drug-likeness (QED) is 0.804. The molecule has 1 atom stereocenters. The first kappa shape index (κ1) is 17.4. The average molecular weight is 347 g/mol. The molecule has 1 heterocycles. The summed E-state index contributed by atoms with van der Waals surface area (Å²) in [6.07, 6.45) is 6.19. The lowest BCUT2D eigenvalue weighted by Crippen LogP contribution is -2.41. The van der Waals surface area contributed by atoms with Gasteiger partial charge in [0.15, 0.2) is 0 Å². The second-order valence-electron chi connectivity index (χ2n) is 6.37. The second kappa shape index (κ2) is 7.65. The zero-order valence-corrected chi connectivity index (χ0v) is 14.1. The van der Waals surface area contributed by atoms with Crippen LogP contribution < -0.4 is 10.1 Å². The lowest BCUT2D eigenvalue weighted by molar-refractivity contribution is -0.123. The molecule has 1 aliphatic carbocycles. The van der Waals surface area contributed by atoms with Gasteiger partial charge < -0.3 is 19.7 Å². The number of amides is 1. The number of aliphatic hydroxyl groups is 1. The van der Waals surface area contributed by atoms with Gasteiger partial charge in [-0.2, -0.15) is 0 Å². The van der Waals surface area contributed by atoms with E-state index in [1.165, 1.54) is 19.2 Å². The van der Waals surface area contributed by atoms with E-state index in [1.54, 1.807) is 24.8 Å². The van der Waals surface area contributed by atoms with E-state index in [1.807, 2.05) is 4.57 Å². The molecule has 3 rings (SSSR count). The number of hydrogen-bond acceptors (Lipinski definition) is 4. The topological polar surface area (TPSA) is 76.4 Å². The highest BCUT2D eigenvalue weighted by atomic mass is 19.1. The van der Waals surface area contributed by atoms with E-state index in [9.17, 15) is 14.3 Å². The number of methoxy groups -OCH3 is 1. The minimum atomic E-state index is -0.385. The predicted molar refractivity (Wildman–Crippen MR) is 89.4 cm³/mol. The van der Waals surface area contributed by atoms with Gasteiger partial charge in [0.1, 0.15) is 11.6 Å². The van der Waals surface area contributed by atoms with Crippen LogP contribution in [0.15, 0.2) is 36.9 Å². The smallest absolute Gasteiger partial charge is 0.222 e. The van der Waals surface area contributed by atoms with Crippen LogP contribution in [0.4, 0.5) is 4.39 Å². The minimum absolute atomic E-state index is 0.0582. The molecule has 2 aromatic rings. The molecule has 1 fully saturated rings. The van der Waals surface area contributed by atoms with E-state index in [4.69, 9.17) is 4.74 Å². The van der Waals surface area contributed by atoms with Gasteiger partial charge in [0.2, 0.25) is 5.91 Å². The summed E-state index contributed by atoms with van der Waals surface area (Å²) in [6, 6.07) is 3.90. The van der Waals surface area contributed by atoms with Crippen molar-refractivity contribution in [2.45, 2.75) is 38.0 Å². The van der Waals surface area contributed by atoms with Crippen LogP contribution in [-0.2, 0) is 11.3 Å². The fraction of sp³-hybridized carbons (Fsp3) is 0.444. The van der Waals surface area contributed by atoms with Gasteiger partial charge in [-0.3, -0.25) is 4.79 Å². The zero-order valence-electron chi connectivity index (χ0n) is 14.1. The standard InChI is InChI=1S/C18H22FN3O3/c1-25-16-3-2-13(19)10-15(16)18(12-8-14(23)9-12)21-17(24)4-6-22-7-5-20-11-22/h2-3,5,7,10-12,14,18,23H,4,6,8-9H2,1H3,(H,21,24)/t12?,14?,18-/m1/s1. The van der Waals surface area contributed by atoms with Gasteiger partial charge in [0.05, 0.1) is 25.6 Å². The molecule has 0 radical (unpaired) electrons. The van der Waals surface area contributed by atoms with Gasteiger partial charge in [-0.25, -0.2) is 9.37 Å². The van der Waals surface area contributed by atoms with Crippen LogP contribution in [0.2, 0.25) is 0 Å². The Labute approximate surface area is 145 Å². The van der Waals surface area contributed by atoms with E-state index >= 15 is 0 Å². The van der Waals surface area contributed by atoms with Crippen LogP contribution in [-0.4, -0.2) is 33.8 Å². The lowest BCUT2D eigenvalue weighted by atomic mass is 9.74. The molecule has 2 N–H and O–H groups in total. The van der Waals surface area contributed by atoms with Crippen molar-refractivity contribution in [1.82, 2.24) is 14.9 Å². The maximum absolute atomic E-state index is 13.7. The molecule has 25 heavy (non-hydrogen) atoms. The third-order valence-corrected chi connectivity index (χ3v) is 4.62. The van der Waals surface area contributed by atoms with Crippen molar-refractivity contribution >= 4 is 5.91 Å². The van der Waals surface area contributed by atoms with Crippen molar-refractivity contribution in [2.75, 3.05) is 7.11 Å². The Morgan fingerprint density at radius 3 is 2.96 bits per heavy atom. The maximum Gasteiger partial charge on any atom is 0.222 e. The van der Waals surface area contributed by atoms with Crippen molar-refractivity contribution < 1.29 is 19.0 Å². The number of halogens is 1. The molecule has 0 spiro atoms. The predicted octanol–water partition coefficient (Wildman–Crippen LogP) is 2.05. The van der Waals surface area contributed by atoms with Gasteiger partial charge in [-0.1, -0.05) is 0 Å². The second-order valence-corrected chi connectivity index (χ2v) is 6.37. The van der Waals surface area contributed by atoms with Crippen LogP contribution in [0.3, 0.4) is 0 Å². The van der Waals surface area contributed by atoms with E-state index in [2.05, 4.69) is 10.3 Å². The summed E-state index contributed by atoms with van der Waals surface area (Å²) in [6.45, 7) is 0.520. The molecule has 1 aliphatic rings. The zero-order chi connectivity index (χ0) is 17.8. The lowest BCUT2D eigenvalue weighted by Gasteiger charge is -2.38. The van der Waals surface area contributed by atoms with Crippen molar-refractivity contribution in [2.24, 2.45) is 5.92 Å². The number of nitrogens with zero attached hydrogens (tertiary/aromatic N) is 2. The molecule has 1 aromatic heterocycles. The number of nitrogens with one attached hydrogen (secondary N) is 1. The molecule has 6 nitrogen and oxygen atoms in total. The van der Waals surface area contributed by atoms with Gasteiger partial charge in [-0.05, 0) is 37.0 Å².